The van der Waals surface area contributed by atoms with Crippen LogP contribution in [0.25, 0.3) is 11.5 Å². The normalized spacial score (nSPS) is 15.2. The predicted molar refractivity (Wildman–Crippen MR) is 128 cm³/mol. The van der Waals surface area contributed by atoms with E-state index in [9.17, 15) is 13.2 Å². The van der Waals surface area contributed by atoms with Crippen molar-refractivity contribution in [3.8, 4) is 11.5 Å². The molecule has 0 atom stereocenters. The average Bonchev–Trinajstić information content (AvgIpc) is 3.12. The molecule has 33 heavy (non-hydrogen) atoms. The number of hydrogen-bond donors (Lipinski definition) is 1. The highest BCUT2D eigenvalue weighted by Gasteiger charge is 2.27. The van der Waals surface area contributed by atoms with Crippen LogP contribution in [0.5, 0.6) is 0 Å². The lowest BCUT2D eigenvalue weighted by Crippen LogP contribution is -2.32. The second kappa shape index (κ2) is 10.1. The molecule has 0 saturated carbocycles. The molecule has 2 aromatic carbocycles. The van der Waals surface area contributed by atoms with Crippen LogP contribution >= 0.6 is 11.8 Å². The molecule has 0 bridgehead atoms. The molecular formula is C23H26N4O4S2. The number of aryl methyl sites for hydroxylation is 1. The molecule has 0 radical (unpaired) electrons. The van der Waals surface area contributed by atoms with Gasteiger partial charge in [0, 0.05) is 18.7 Å². The van der Waals surface area contributed by atoms with E-state index >= 15 is 0 Å². The summed E-state index contributed by atoms with van der Waals surface area (Å²) in [6.07, 6.45) is 5.60. The molecule has 1 fully saturated rings. The van der Waals surface area contributed by atoms with Crippen molar-refractivity contribution < 1.29 is 17.6 Å². The summed E-state index contributed by atoms with van der Waals surface area (Å²) in [6, 6.07) is 11.9. The molecule has 174 valence electrons. The number of benzene rings is 2. The molecule has 4 rings (SSSR count). The first kappa shape index (κ1) is 23.5. The van der Waals surface area contributed by atoms with E-state index in [2.05, 4.69) is 15.5 Å². The maximum atomic E-state index is 13.3. The third-order valence-corrected chi connectivity index (χ3v) is 8.17. The lowest BCUT2D eigenvalue weighted by Gasteiger charge is -2.21. The highest BCUT2D eigenvalue weighted by atomic mass is 32.2. The van der Waals surface area contributed by atoms with Crippen molar-refractivity contribution in [2.45, 2.75) is 42.7 Å². The monoisotopic (exact) mass is 486 g/mol. The van der Waals surface area contributed by atoms with Crippen molar-refractivity contribution in [3.63, 3.8) is 0 Å². The van der Waals surface area contributed by atoms with Gasteiger partial charge in [-0.15, -0.1) is 10.2 Å². The van der Waals surface area contributed by atoms with Gasteiger partial charge in [-0.1, -0.05) is 42.8 Å². The Hall–Kier alpha value is -2.69. The number of sulfonamides is 1. The smallest absolute Gasteiger partial charge is 0.276 e. The van der Waals surface area contributed by atoms with Gasteiger partial charge in [-0.2, -0.15) is 4.31 Å². The summed E-state index contributed by atoms with van der Waals surface area (Å²) in [4.78, 5) is 13.3. The second-order valence-corrected chi connectivity index (χ2v) is 10.5. The van der Waals surface area contributed by atoms with Crippen LogP contribution < -0.4 is 5.32 Å². The van der Waals surface area contributed by atoms with Crippen LogP contribution in [0.4, 0.5) is 5.69 Å². The van der Waals surface area contributed by atoms with Crippen molar-refractivity contribution >= 4 is 33.4 Å². The van der Waals surface area contributed by atoms with E-state index in [1.165, 1.54) is 22.1 Å². The van der Waals surface area contributed by atoms with E-state index in [1.807, 2.05) is 12.3 Å². The van der Waals surface area contributed by atoms with E-state index in [-0.39, 0.29) is 10.5 Å². The Morgan fingerprint density at radius 1 is 1.06 bits per heavy atom. The lowest BCUT2D eigenvalue weighted by atomic mass is 10.1. The zero-order valence-corrected chi connectivity index (χ0v) is 20.2. The molecule has 1 amide bonds. The van der Waals surface area contributed by atoms with E-state index in [0.717, 1.165) is 25.7 Å². The molecule has 8 nitrogen and oxygen atoms in total. The Balaban J connectivity index is 1.62. The molecule has 1 N–H and O–H groups in total. The Kier molecular flexibility index (Phi) is 7.16. The summed E-state index contributed by atoms with van der Waals surface area (Å²) in [6.45, 7) is 2.77. The van der Waals surface area contributed by atoms with E-state index in [0.29, 0.717) is 41.0 Å². The fraction of sp³-hybridized carbons (Fsp3) is 0.348. The van der Waals surface area contributed by atoms with Gasteiger partial charge in [0.1, 0.15) is 0 Å². The van der Waals surface area contributed by atoms with E-state index in [1.54, 1.807) is 37.3 Å². The van der Waals surface area contributed by atoms with Crippen LogP contribution in [0.3, 0.4) is 0 Å². The second-order valence-electron chi connectivity index (χ2n) is 7.88. The molecular weight excluding hydrogens is 460 g/mol. The summed E-state index contributed by atoms with van der Waals surface area (Å²) in [7, 11) is -3.68. The largest absolute Gasteiger partial charge is 0.411 e. The molecule has 1 aliphatic rings. The zero-order valence-electron chi connectivity index (χ0n) is 18.6. The predicted octanol–water partition coefficient (Wildman–Crippen LogP) is 4.58. The first-order chi connectivity index (χ1) is 15.9. The summed E-state index contributed by atoms with van der Waals surface area (Å²) in [5.74, 6) is -0.122. The number of nitrogens with zero attached hydrogens (tertiary/aromatic N) is 3. The fourth-order valence-corrected chi connectivity index (χ4v) is 5.87. The van der Waals surface area contributed by atoms with Crippen molar-refractivity contribution in [1.82, 2.24) is 14.5 Å². The standard InChI is InChI=1S/C23H26N4O4S2/c1-16-11-12-17(15-20(16)33(29,30)27-13-7-3-4-8-14-27)21(28)24-19-10-6-5-9-18(19)22-25-26-23(31-22)32-2/h5-6,9-12,15H,3-4,7-8,13-14H2,1-2H3,(H,24,28). The molecule has 2 heterocycles. The van der Waals surface area contributed by atoms with E-state index < -0.39 is 15.9 Å². The van der Waals surface area contributed by atoms with Gasteiger partial charge in [0.2, 0.25) is 10.0 Å². The molecule has 1 aromatic heterocycles. The SMILES string of the molecule is CSc1nnc(-c2ccccc2NC(=O)c2ccc(C)c(S(=O)(=O)N3CCCCCC3)c2)o1. The minimum atomic E-state index is -3.68. The van der Waals surface area contributed by atoms with Gasteiger partial charge in [-0.25, -0.2) is 8.42 Å². The Labute approximate surface area is 197 Å². The van der Waals surface area contributed by atoms with Gasteiger partial charge in [0.05, 0.1) is 16.1 Å². The summed E-state index contributed by atoms with van der Waals surface area (Å²) in [5, 5.41) is 11.3. The maximum absolute atomic E-state index is 13.3. The third kappa shape index (κ3) is 5.13. The maximum Gasteiger partial charge on any atom is 0.276 e. The lowest BCUT2D eigenvalue weighted by molar-refractivity contribution is 0.102. The molecule has 0 unspecified atom stereocenters. The Bertz CT molecular complexity index is 1250. The minimum absolute atomic E-state index is 0.173. The van der Waals surface area contributed by atoms with Crippen molar-refractivity contribution in [3.05, 3.63) is 53.6 Å². The number of anilines is 1. The quantitative estimate of drug-likeness (QED) is 0.508. The van der Waals surface area contributed by atoms with Gasteiger partial charge in [0.15, 0.2) is 0 Å². The molecule has 1 saturated heterocycles. The van der Waals surface area contributed by atoms with Crippen LogP contribution in [0.15, 0.2) is 57.0 Å². The first-order valence-corrected chi connectivity index (χ1v) is 13.5. The number of amides is 1. The minimum Gasteiger partial charge on any atom is -0.411 e. The highest BCUT2D eigenvalue weighted by molar-refractivity contribution is 7.98. The van der Waals surface area contributed by atoms with Crippen LogP contribution in [-0.4, -0.2) is 48.2 Å². The third-order valence-electron chi connectivity index (χ3n) is 5.62. The average molecular weight is 487 g/mol. The summed E-state index contributed by atoms with van der Waals surface area (Å²) >= 11 is 1.33. The van der Waals surface area contributed by atoms with Gasteiger partial charge >= 0.3 is 0 Å². The van der Waals surface area contributed by atoms with E-state index in [4.69, 9.17) is 4.42 Å². The number of para-hydroxylation sites is 1. The zero-order chi connectivity index (χ0) is 23.4. The molecule has 10 heteroatoms. The number of carbonyl (C=O) groups excluding carboxylic acids is 1. The van der Waals surface area contributed by atoms with Gasteiger partial charge < -0.3 is 9.73 Å². The number of thioether (sulfide) groups is 1. The van der Waals surface area contributed by atoms with Crippen molar-refractivity contribution in [1.29, 1.82) is 0 Å². The van der Waals surface area contributed by atoms with Crippen LogP contribution in [0, 0.1) is 6.92 Å². The van der Waals surface area contributed by atoms with Crippen molar-refractivity contribution in [2.75, 3.05) is 24.7 Å². The first-order valence-electron chi connectivity index (χ1n) is 10.8. The fourth-order valence-electron chi connectivity index (χ4n) is 3.81. The van der Waals surface area contributed by atoms with Gasteiger partial charge in [-0.05, 0) is 55.9 Å². The van der Waals surface area contributed by atoms with Crippen LogP contribution in [-0.2, 0) is 10.0 Å². The molecule has 1 aliphatic heterocycles. The summed E-state index contributed by atoms with van der Waals surface area (Å²) < 4.78 is 33.8. The number of aromatic nitrogens is 2. The summed E-state index contributed by atoms with van der Waals surface area (Å²) in [5.41, 5.74) is 1.96. The number of nitrogens with one attached hydrogen (secondary N) is 1. The highest BCUT2D eigenvalue weighted by Crippen LogP contribution is 2.29. The number of rotatable bonds is 6. The number of carbonyl (C=O) groups is 1. The molecule has 3 aromatic rings. The van der Waals surface area contributed by atoms with Crippen molar-refractivity contribution in [2.24, 2.45) is 0 Å². The van der Waals surface area contributed by atoms with Gasteiger partial charge in [0.25, 0.3) is 17.0 Å². The van der Waals surface area contributed by atoms with Gasteiger partial charge in [-0.3, -0.25) is 4.79 Å². The topological polar surface area (TPSA) is 105 Å². The Morgan fingerprint density at radius 3 is 2.48 bits per heavy atom. The molecule has 0 spiro atoms. The molecule has 0 aliphatic carbocycles. The van der Waals surface area contributed by atoms with Crippen LogP contribution in [0.1, 0.15) is 41.6 Å². The van der Waals surface area contributed by atoms with Crippen LogP contribution in [0.2, 0.25) is 0 Å². The number of hydrogen-bond acceptors (Lipinski definition) is 7. The Morgan fingerprint density at radius 2 is 1.79 bits per heavy atom.